The van der Waals surface area contributed by atoms with Crippen LogP contribution in [0.25, 0.3) is 0 Å². The van der Waals surface area contributed by atoms with Crippen LogP contribution < -0.4 is 10.6 Å². The third-order valence-electron chi connectivity index (χ3n) is 2.74. The fourth-order valence-electron chi connectivity index (χ4n) is 1.86. The fraction of sp³-hybridized carbons (Fsp3) is 0.600. The van der Waals surface area contributed by atoms with E-state index in [0.29, 0.717) is 25.3 Å². The molecule has 2 N–H and O–H groups in total. The van der Waals surface area contributed by atoms with Crippen LogP contribution in [0.4, 0.5) is 5.82 Å². The molecule has 0 saturated heterocycles. The maximum atomic E-state index is 12.1. The molecule has 0 unspecified atom stereocenters. The first-order valence-corrected chi connectivity index (χ1v) is 7.32. The topological polar surface area (TPSA) is 63.2 Å². The summed E-state index contributed by atoms with van der Waals surface area (Å²) in [5, 5.41) is 6.02. The van der Waals surface area contributed by atoms with Gasteiger partial charge < -0.3 is 15.4 Å². The second-order valence-electron chi connectivity index (χ2n) is 4.47. The summed E-state index contributed by atoms with van der Waals surface area (Å²) < 4.78 is 5.20. The number of nitrogens with one attached hydrogen (secondary N) is 2. The number of nitrogens with zero attached hydrogens (tertiary/aromatic N) is 1. The van der Waals surface area contributed by atoms with Gasteiger partial charge in [0.1, 0.15) is 5.82 Å². The monoisotopic (exact) mass is 279 g/mol. The maximum Gasteiger partial charge on any atom is 0.251 e. The predicted octanol–water partition coefficient (Wildman–Crippen LogP) is 2.23. The molecule has 0 aliphatic carbocycles. The molecule has 1 aromatic heterocycles. The number of anilines is 1. The Balaban J connectivity index is 2.72. The Morgan fingerprint density at radius 1 is 1.30 bits per heavy atom. The summed E-state index contributed by atoms with van der Waals surface area (Å²) >= 11 is 0. The quantitative estimate of drug-likeness (QED) is 0.680. The van der Waals surface area contributed by atoms with Crippen molar-refractivity contribution >= 4 is 11.7 Å². The van der Waals surface area contributed by atoms with Crippen LogP contribution in [-0.2, 0) is 11.2 Å². The molecular weight excluding hydrogens is 254 g/mol. The van der Waals surface area contributed by atoms with Crippen LogP contribution in [0.1, 0.15) is 43.2 Å². The molecule has 20 heavy (non-hydrogen) atoms. The van der Waals surface area contributed by atoms with Crippen molar-refractivity contribution in [3.63, 3.8) is 0 Å². The zero-order valence-corrected chi connectivity index (χ0v) is 12.7. The molecule has 0 fully saturated rings. The average Bonchev–Trinajstić information content (AvgIpc) is 2.44. The van der Waals surface area contributed by atoms with E-state index in [4.69, 9.17) is 4.74 Å². The standard InChI is InChI=1S/C15H25N3O2/c1-4-7-13-10-12(11-14(18-13)16-5-2)15(19)17-8-9-20-6-3/h10-11H,4-9H2,1-3H3,(H,16,18)(H,17,19). The highest BCUT2D eigenvalue weighted by molar-refractivity contribution is 5.95. The maximum absolute atomic E-state index is 12.1. The number of carbonyl (C=O) groups is 1. The first kappa shape index (κ1) is 16.4. The zero-order valence-electron chi connectivity index (χ0n) is 12.7. The summed E-state index contributed by atoms with van der Waals surface area (Å²) in [4.78, 5) is 16.6. The van der Waals surface area contributed by atoms with Gasteiger partial charge in [-0.25, -0.2) is 4.98 Å². The Morgan fingerprint density at radius 3 is 2.75 bits per heavy atom. The van der Waals surface area contributed by atoms with E-state index in [-0.39, 0.29) is 5.91 Å². The zero-order chi connectivity index (χ0) is 14.8. The van der Waals surface area contributed by atoms with Crippen molar-refractivity contribution in [1.82, 2.24) is 10.3 Å². The first-order chi connectivity index (χ1) is 9.71. The number of aromatic nitrogens is 1. The van der Waals surface area contributed by atoms with Crippen molar-refractivity contribution < 1.29 is 9.53 Å². The molecule has 5 nitrogen and oxygen atoms in total. The van der Waals surface area contributed by atoms with Gasteiger partial charge in [-0.15, -0.1) is 0 Å². The Kier molecular flexibility index (Phi) is 7.65. The molecule has 5 heteroatoms. The molecule has 112 valence electrons. The summed E-state index contributed by atoms with van der Waals surface area (Å²) in [5.41, 5.74) is 1.59. The van der Waals surface area contributed by atoms with Crippen molar-refractivity contribution in [3.05, 3.63) is 23.4 Å². The van der Waals surface area contributed by atoms with Gasteiger partial charge in [0, 0.05) is 31.0 Å². The van der Waals surface area contributed by atoms with Crippen molar-refractivity contribution in [3.8, 4) is 0 Å². The summed E-state index contributed by atoms with van der Waals surface area (Å²) in [5.74, 6) is 0.678. The number of rotatable bonds is 9. The lowest BCUT2D eigenvalue weighted by atomic mass is 10.1. The number of pyridine rings is 1. The first-order valence-electron chi connectivity index (χ1n) is 7.32. The predicted molar refractivity (Wildman–Crippen MR) is 81.2 cm³/mol. The van der Waals surface area contributed by atoms with Crippen molar-refractivity contribution in [2.75, 3.05) is 31.6 Å². The minimum absolute atomic E-state index is 0.0800. The molecule has 0 aliphatic heterocycles. The number of hydrogen-bond donors (Lipinski definition) is 2. The molecule has 1 amide bonds. The summed E-state index contributed by atoms with van der Waals surface area (Å²) in [6.45, 7) is 8.55. The molecule has 0 aromatic carbocycles. The second-order valence-corrected chi connectivity index (χ2v) is 4.47. The van der Waals surface area contributed by atoms with E-state index in [1.54, 1.807) is 6.07 Å². The van der Waals surface area contributed by atoms with Crippen molar-refractivity contribution in [2.45, 2.75) is 33.6 Å². The average molecular weight is 279 g/mol. The molecular formula is C15H25N3O2. The third-order valence-corrected chi connectivity index (χ3v) is 2.74. The molecule has 0 bridgehead atoms. The lowest BCUT2D eigenvalue weighted by molar-refractivity contribution is 0.0922. The Hall–Kier alpha value is -1.62. The van der Waals surface area contributed by atoms with Gasteiger partial charge in [0.15, 0.2) is 0 Å². The molecule has 0 atom stereocenters. The number of ether oxygens (including phenoxy) is 1. The highest BCUT2D eigenvalue weighted by Crippen LogP contribution is 2.12. The van der Waals surface area contributed by atoms with E-state index in [1.807, 2.05) is 19.9 Å². The largest absolute Gasteiger partial charge is 0.380 e. The summed E-state index contributed by atoms with van der Waals surface area (Å²) in [6, 6.07) is 3.65. The lowest BCUT2D eigenvalue weighted by Crippen LogP contribution is -2.27. The highest BCUT2D eigenvalue weighted by Gasteiger charge is 2.09. The number of hydrogen-bond acceptors (Lipinski definition) is 4. The van der Waals surface area contributed by atoms with Crippen LogP contribution in [0.15, 0.2) is 12.1 Å². The summed E-state index contributed by atoms with van der Waals surface area (Å²) in [6.07, 6.45) is 1.88. The molecule has 0 saturated carbocycles. The number of amides is 1. The van der Waals surface area contributed by atoms with Crippen LogP contribution >= 0.6 is 0 Å². The minimum atomic E-state index is -0.0800. The van der Waals surface area contributed by atoms with Crippen LogP contribution in [0.5, 0.6) is 0 Å². The van der Waals surface area contributed by atoms with E-state index in [1.165, 1.54) is 0 Å². The van der Waals surface area contributed by atoms with Crippen molar-refractivity contribution in [1.29, 1.82) is 0 Å². The van der Waals surface area contributed by atoms with Gasteiger partial charge in [0.2, 0.25) is 0 Å². The Morgan fingerprint density at radius 2 is 2.10 bits per heavy atom. The van der Waals surface area contributed by atoms with Crippen LogP contribution in [-0.4, -0.2) is 37.2 Å². The minimum Gasteiger partial charge on any atom is -0.380 e. The van der Waals surface area contributed by atoms with E-state index in [0.717, 1.165) is 30.9 Å². The Labute approximate surface area is 121 Å². The van der Waals surface area contributed by atoms with Gasteiger partial charge in [-0.2, -0.15) is 0 Å². The third kappa shape index (κ3) is 5.57. The SMILES string of the molecule is CCCc1cc(C(=O)NCCOCC)cc(NCC)n1. The van der Waals surface area contributed by atoms with Gasteiger partial charge in [-0.05, 0) is 32.4 Å². The van der Waals surface area contributed by atoms with Gasteiger partial charge in [0.25, 0.3) is 5.91 Å². The molecule has 1 rings (SSSR count). The highest BCUT2D eigenvalue weighted by atomic mass is 16.5. The summed E-state index contributed by atoms with van der Waals surface area (Å²) in [7, 11) is 0. The molecule has 1 heterocycles. The van der Waals surface area contributed by atoms with E-state index in [9.17, 15) is 4.79 Å². The molecule has 0 spiro atoms. The number of aryl methyl sites for hydroxylation is 1. The normalized spacial score (nSPS) is 10.3. The van der Waals surface area contributed by atoms with Gasteiger partial charge >= 0.3 is 0 Å². The lowest BCUT2D eigenvalue weighted by Gasteiger charge is -2.10. The Bertz CT molecular complexity index is 397. The van der Waals surface area contributed by atoms with Gasteiger partial charge in [-0.3, -0.25) is 4.79 Å². The molecule has 0 aliphatic rings. The van der Waals surface area contributed by atoms with E-state index < -0.39 is 0 Å². The molecule has 1 aromatic rings. The molecule has 0 radical (unpaired) electrons. The van der Waals surface area contributed by atoms with Crippen LogP contribution in [0, 0.1) is 0 Å². The van der Waals surface area contributed by atoms with E-state index in [2.05, 4.69) is 22.5 Å². The fourth-order valence-corrected chi connectivity index (χ4v) is 1.86. The van der Waals surface area contributed by atoms with Crippen LogP contribution in [0.3, 0.4) is 0 Å². The van der Waals surface area contributed by atoms with E-state index >= 15 is 0 Å². The van der Waals surface area contributed by atoms with Gasteiger partial charge in [-0.1, -0.05) is 13.3 Å². The van der Waals surface area contributed by atoms with Crippen LogP contribution in [0.2, 0.25) is 0 Å². The van der Waals surface area contributed by atoms with Gasteiger partial charge in [0.05, 0.1) is 6.61 Å². The second kappa shape index (κ2) is 9.31. The smallest absolute Gasteiger partial charge is 0.251 e. The number of carbonyl (C=O) groups excluding carboxylic acids is 1. The van der Waals surface area contributed by atoms with Crippen molar-refractivity contribution in [2.24, 2.45) is 0 Å².